The highest BCUT2D eigenvalue weighted by molar-refractivity contribution is 6.30. The fourth-order valence-electron chi connectivity index (χ4n) is 5.85. The van der Waals surface area contributed by atoms with E-state index in [1.165, 1.54) is 4.90 Å². The van der Waals surface area contributed by atoms with Gasteiger partial charge in [0.2, 0.25) is 11.8 Å². The summed E-state index contributed by atoms with van der Waals surface area (Å²) in [7, 11) is 0. The molecule has 2 aromatic rings. The van der Waals surface area contributed by atoms with Crippen molar-refractivity contribution in [1.29, 1.82) is 0 Å². The van der Waals surface area contributed by atoms with Crippen LogP contribution in [0.5, 0.6) is 0 Å². The third-order valence-corrected chi connectivity index (χ3v) is 7.53. The summed E-state index contributed by atoms with van der Waals surface area (Å²) in [5.41, 5.74) is 2.23. The molecular formula is C26H23ClN2O4. The Morgan fingerprint density at radius 3 is 2.61 bits per heavy atom. The molecule has 4 aliphatic rings. The third-order valence-electron chi connectivity index (χ3n) is 7.30. The minimum Gasteiger partial charge on any atom is -0.376 e. The van der Waals surface area contributed by atoms with Gasteiger partial charge in [-0.1, -0.05) is 54.1 Å². The highest BCUT2D eigenvalue weighted by Gasteiger charge is 2.64. The number of fused-ring (bicyclic) bond motifs is 5. The molecule has 6 nitrogen and oxygen atoms in total. The Kier molecular flexibility index (Phi) is 4.89. The van der Waals surface area contributed by atoms with Gasteiger partial charge in [0.05, 0.1) is 30.5 Å². The maximum Gasteiger partial charge on any atom is 0.235 e. The highest BCUT2D eigenvalue weighted by atomic mass is 35.5. The summed E-state index contributed by atoms with van der Waals surface area (Å²) in [6, 6.07) is 13.4. The molecule has 0 aromatic heterocycles. The monoisotopic (exact) mass is 462 g/mol. The fraction of sp³-hybridized carbons (Fsp3) is 0.346. The normalized spacial score (nSPS) is 29.9. The van der Waals surface area contributed by atoms with Crippen molar-refractivity contribution >= 4 is 41.0 Å². The first-order valence-corrected chi connectivity index (χ1v) is 11.7. The van der Waals surface area contributed by atoms with E-state index in [1.807, 2.05) is 47.4 Å². The number of rotatable bonds is 4. The number of ketones is 1. The molecule has 3 fully saturated rings. The molecule has 6 rings (SSSR count). The average molecular weight is 463 g/mol. The van der Waals surface area contributed by atoms with E-state index in [0.717, 1.165) is 24.1 Å². The molecule has 2 amide bonds. The SMILES string of the molecule is O=C(c1ccccc1)[C@H]1[C@H]2C(=O)N(C[C@@H]3CCCO3)C(=O)[C@@H]2[C@@H]2C=Cc3cc(Cl)ccc3N21. The minimum atomic E-state index is -0.766. The van der Waals surface area contributed by atoms with Crippen molar-refractivity contribution in [2.45, 2.75) is 31.0 Å². The summed E-state index contributed by atoms with van der Waals surface area (Å²) in [6.07, 6.45) is 5.52. The van der Waals surface area contributed by atoms with Crippen LogP contribution in [0.15, 0.2) is 54.6 Å². The number of halogens is 1. The number of anilines is 1. The number of ether oxygens (including phenoxy) is 1. The van der Waals surface area contributed by atoms with Crippen molar-refractivity contribution in [3.63, 3.8) is 0 Å². The second-order valence-corrected chi connectivity index (χ2v) is 9.55. The maximum atomic E-state index is 13.8. The van der Waals surface area contributed by atoms with Gasteiger partial charge in [-0.15, -0.1) is 0 Å². The summed E-state index contributed by atoms with van der Waals surface area (Å²) in [6.45, 7) is 0.918. The number of amides is 2. The van der Waals surface area contributed by atoms with Gasteiger partial charge in [-0.3, -0.25) is 19.3 Å². The first-order chi connectivity index (χ1) is 16.0. The molecule has 33 heavy (non-hydrogen) atoms. The maximum absolute atomic E-state index is 13.8. The molecule has 0 N–H and O–H groups in total. The van der Waals surface area contributed by atoms with Gasteiger partial charge < -0.3 is 9.64 Å². The number of Topliss-reactive ketones (excluding diaryl/α,β-unsaturated/α-hetero) is 1. The van der Waals surface area contributed by atoms with Gasteiger partial charge in [0.15, 0.2) is 5.78 Å². The van der Waals surface area contributed by atoms with Crippen molar-refractivity contribution in [2.75, 3.05) is 18.1 Å². The molecule has 5 atom stereocenters. The van der Waals surface area contributed by atoms with Gasteiger partial charge in [-0.05, 0) is 36.6 Å². The van der Waals surface area contributed by atoms with E-state index in [2.05, 4.69) is 0 Å². The van der Waals surface area contributed by atoms with Crippen molar-refractivity contribution in [1.82, 2.24) is 4.90 Å². The van der Waals surface area contributed by atoms with E-state index in [9.17, 15) is 14.4 Å². The number of hydrogen-bond acceptors (Lipinski definition) is 5. The third kappa shape index (κ3) is 3.15. The fourth-order valence-corrected chi connectivity index (χ4v) is 6.03. The lowest BCUT2D eigenvalue weighted by molar-refractivity contribution is -0.142. The first-order valence-electron chi connectivity index (χ1n) is 11.4. The van der Waals surface area contributed by atoms with E-state index in [4.69, 9.17) is 16.3 Å². The second kappa shape index (κ2) is 7.82. The zero-order valence-corrected chi connectivity index (χ0v) is 18.6. The molecule has 0 bridgehead atoms. The quantitative estimate of drug-likeness (QED) is 0.513. The number of likely N-dealkylation sites (tertiary alicyclic amines) is 1. The number of carbonyl (C=O) groups excluding carboxylic acids is 3. The molecule has 2 aromatic carbocycles. The molecule has 0 aliphatic carbocycles. The number of hydrogen-bond donors (Lipinski definition) is 0. The van der Waals surface area contributed by atoms with E-state index in [0.29, 0.717) is 17.2 Å². The van der Waals surface area contributed by atoms with Gasteiger partial charge in [0.25, 0.3) is 0 Å². The van der Waals surface area contributed by atoms with Crippen LogP contribution in [-0.2, 0) is 14.3 Å². The average Bonchev–Trinajstić information content (AvgIpc) is 3.52. The van der Waals surface area contributed by atoms with E-state index in [-0.39, 0.29) is 36.3 Å². The zero-order valence-electron chi connectivity index (χ0n) is 17.9. The van der Waals surface area contributed by atoms with E-state index >= 15 is 0 Å². The Hall–Kier alpha value is -2.96. The molecule has 0 spiro atoms. The van der Waals surface area contributed by atoms with Crippen LogP contribution in [0.25, 0.3) is 6.08 Å². The lowest BCUT2D eigenvalue weighted by Gasteiger charge is -2.36. The summed E-state index contributed by atoms with van der Waals surface area (Å²) in [5.74, 6) is -1.96. The van der Waals surface area contributed by atoms with Crippen LogP contribution in [0.4, 0.5) is 5.69 Å². The smallest absolute Gasteiger partial charge is 0.235 e. The Balaban J connectivity index is 1.44. The first kappa shape index (κ1) is 20.6. The van der Waals surface area contributed by atoms with Gasteiger partial charge in [0.1, 0.15) is 6.04 Å². The van der Waals surface area contributed by atoms with Crippen LogP contribution in [0.3, 0.4) is 0 Å². The van der Waals surface area contributed by atoms with E-state index < -0.39 is 17.9 Å². The molecule has 4 aliphatic heterocycles. The molecule has 168 valence electrons. The highest BCUT2D eigenvalue weighted by Crippen LogP contribution is 2.49. The Labute approximate surface area is 196 Å². The standard InChI is InChI=1S/C26H23ClN2O4/c27-17-9-11-19-16(13-17)8-10-20-21-22(23(29(19)20)24(30)15-5-2-1-3-6-15)26(32)28(25(21)31)14-18-7-4-12-33-18/h1-3,5-6,8-11,13,18,20-23H,4,7,12,14H2/t18-,20-,21+,22-,23+/m0/s1. The Bertz CT molecular complexity index is 1170. The van der Waals surface area contributed by atoms with Crippen LogP contribution < -0.4 is 4.90 Å². The second-order valence-electron chi connectivity index (χ2n) is 9.11. The van der Waals surface area contributed by atoms with Crippen molar-refractivity contribution in [2.24, 2.45) is 11.8 Å². The van der Waals surface area contributed by atoms with Crippen LogP contribution in [0.2, 0.25) is 5.02 Å². The zero-order chi connectivity index (χ0) is 22.7. The molecule has 0 radical (unpaired) electrons. The van der Waals surface area contributed by atoms with Gasteiger partial charge in [-0.2, -0.15) is 0 Å². The Morgan fingerprint density at radius 1 is 1.06 bits per heavy atom. The molecule has 0 saturated carbocycles. The van der Waals surface area contributed by atoms with Crippen molar-refractivity contribution < 1.29 is 19.1 Å². The van der Waals surface area contributed by atoms with Gasteiger partial charge >= 0.3 is 0 Å². The minimum absolute atomic E-state index is 0.124. The van der Waals surface area contributed by atoms with E-state index in [1.54, 1.807) is 18.2 Å². The van der Waals surface area contributed by atoms with Crippen LogP contribution in [0.1, 0.15) is 28.8 Å². The van der Waals surface area contributed by atoms with Crippen LogP contribution in [-0.4, -0.2) is 53.8 Å². The van der Waals surface area contributed by atoms with Crippen molar-refractivity contribution in [3.8, 4) is 0 Å². The molecule has 4 heterocycles. The topological polar surface area (TPSA) is 66.9 Å². The van der Waals surface area contributed by atoms with Gasteiger partial charge in [0, 0.05) is 22.9 Å². The molecular weight excluding hydrogens is 440 g/mol. The molecule has 0 unspecified atom stereocenters. The summed E-state index contributed by atoms with van der Waals surface area (Å²) >= 11 is 6.21. The molecule has 3 saturated heterocycles. The van der Waals surface area contributed by atoms with Gasteiger partial charge in [-0.25, -0.2) is 0 Å². The van der Waals surface area contributed by atoms with Crippen LogP contribution >= 0.6 is 11.6 Å². The predicted molar refractivity (Wildman–Crippen MR) is 124 cm³/mol. The number of carbonyl (C=O) groups is 3. The van der Waals surface area contributed by atoms with Crippen molar-refractivity contribution in [3.05, 3.63) is 70.8 Å². The van der Waals surface area contributed by atoms with Crippen LogP contribution in [0, 0.1) is 11.8 Å². The number of nitrogens with zero attached hydrogens (tertiary/aromatic N) is 2. The number of benzene rings is 2. The molecule has 7 heteroatoms. The largest absolute Gasteiger partial charge is 0.376 e. The Morgan fingerprint density at radius 2 is 1.85 bits per heavy atom. The lowest BCUT2D eigenvalue weighted by atomic mass is 9.86. The summed E-state index contributed by atoms with van der Waals surface area (Å²) in [5, 5.41) is 0.595. The summed E-state index contributed by atoms with van der Waals surface area (Å²) < 4.78 is 5.69. The summed E-state index contributed by atoms with van der Waals surface area (Å²) in [4.78, 5) is 44.4. The lowest BCUT2D eigenvalue weighted by Crippen LogP contribution is -2.49. The number of imide groups is 1. The predicted octanol–water partition coefficient (Wildman–Crippen LogP) is 3.59.